The van der Waals surface area contributed by atoms with Crippen molar-refractivity contribution in [1.82, 2.24) is 0 Å². The van der Waals surface area contributed by atoms with Gasteiger partial charge >= 0.3 is 0 Å². The van der Waals surface area contributed by atoms with Crippen LogP contribution < -0.4 is 4.74 Å². The number of halogens is 1. The van der Waals surface area contributed by atoms with Crippen LogP contribution in [-0.2, 0) is 0 Å². The van der Waals surface area contributed by atoms with Crippen LogP contribution in [0, 0.1) is 40.8 Å². The number of nitrogens with zero attached hydrogens (tertiary/aromatic N) is 1. The minimum absolute atomic E-state index is 0.265. The van der Waals surface area contributed by atoms with E-state index in [9.17, 15) is 4.39 Å². The molecule has 2 fully saturated rings. The highest BCUT2D eigenvalue weighted by atomic mass is 19.1. The number of benzene rings is 1. The van der Waals surface area contributed by atoms with Gasteiger partial charge in [0, 0.05) is 0 Å². The highest BCUT2D eigenvalue weighted by Crippen LogP contribution is 2.42. The van der Waals surface area contributed by atoms with Crippen molar-refractivity contribution in [2.24, 2.45) is 23.7 Å². The molecule has 0 aromatic heterocycles. The topological polar surface area (TPSA) is 33.0 Å². The van der Waals surface area contributed by atoms with Gasteiger partial charge in [0.1, 0.15) is 0 Å². The molecule has 28 heavy (non-hydrogen) atoms. The number of hydrogen-bond acceptors (Lipinski definition) is 2. The van der Waals surface area contributed by atoms with Crippen LogP contribution >= 0.6 is 0 Å². The number of ether oxygens (including phenoxy) is 1. The van der Waals surface area contributed by atoms with Crippen molar-refractivity contribution in [3.05, 3.63) is 29.6 Å². The van der Waals surface area contributed by atoms with Crippen molar-refractivity contribution in [3.63, 3.8) is 0 Å². The second-order valence-corrected chi connectivity index (χ2v) is 9.10. The fourth-order valence-corrected chi connectivity index (χ4v) is 5.55. The molecular formula is C25H36FNO. The minimum atomic E-state index is -0.437. The molecule has 2 aliphatic carbocycles. The lowest BCUT2D eigenvalue weighted by atomic mass is 9.68. The summed E-state index contributed by atoms with van der Waals surface area (Å²) in [5, 5.41) is 8.79. The summed E-state index contributed by atoms with van der Waals surface area (Å²) in [5.41, 5.74) is 0.334. The molecule has 3 heteroatoms. The first-order valence-electron chi connectivity index (χ1n) is 11.5. The van der Waals surface area contributed by atoms with Crippen molar-refractivity contribution in [1.29, 1.82) is 5.26 Å². The third-order valence-electron chi connectivity index (χ3n) is 7.22. The van der Waals surface area contributed by atoms with Gasteiger partial charge < -0.3 is 4.74 Å². The van der Waals surface area contributed by atoms with E-state index in [1.54, 1.807) is 12.1 Å². The van der Waals surface area contributed by atoms with Crippen LogP contribution in [0.5, 0.6) is 5.75 Å². The summed E-state index contributed by atoms with van der Waals surface area (Å²) in [5.74, 6) is 3.63. The monoisotopic (exact) mass is 385 g/mol. The SMILES string of the molecule is CCC[C@H]1CC[C@H](C2CCC(CCCOc3ccc(C#N)cc3F)CC2)CC1. The average Bonchev–Trinajstić information content (AvgIpc) is 2.73. The molecule has 3 rings (SSSR count). The predicted octanol–water partition coefficient (Wildman–Crippen LogP) is 7.27. The zero-order chi connectivity index (χ0) is 19.8. The molecule has 0 aliphatic heterocycles. The largest absolute Gasteiger partial charge is 0.491 e. The first kappa shape index (κ1) is 21.2. The van der Waals surface area contributed by atoms with Gasteiger partial charge in [0.15, 0.2) is 11.6 Å². The van der Waals surface area contributed by atoms with Crippen molar-refractivity contribution < 1.29 is 9.13 Å². The zero-order valence-corrected chi connectivity index (χ0v) is 17.5. The molecular weight excluding hydrogens is 349 g/mol. The van der Waals surface area contributed by atoms with Crippen LogP contribution in [0.1, 0.15) is 89.5 Å². The lowest BCUT2D eigenvalue weighted by Crippen LogP contribution is -2.26. The van der Waals surface area contributed by atoms with Gasteiger partial charge in [0.25, 0.3) is 0 Å². The molecule has 2 nitrogen and oxygen atoms in total. The molecule has 1 aromatic carbocycles. The molecule has 0 N–H and O–H groups in total. The van der Waals surface area contributed by atoms with Crippen LogP contribution in [0.25, 0.3) is 0 Å². The third-order valence-corrected chi connectivity index (χ3v) is 7.22. The Morgan fingerprint density at radius 3 is 2.11 bits per heavy atom. The molecule has 0 spiro atoms. The first-order valence-corrected chi connectivity index (χ1v) is 11.5. The van der Waals surface area contributed by atoms with Crippen molar-refractivity contribution in [3.8, 4) is 11.8 Å². The number of hydrogen-bond donors (Lipinski definition) is 0. The molecule has 154 valence electrons. The van der Waals surface area contributed by atoms with Gasteiger partial charge in [-0.25, -0.2) is 4.39 Å². The van der Waals surface area contributed by atoms with Gasteiger partial charge in [0.2, 0.25) is 0 Å². The summed E-state index contributed by atoms with van der Waals surface area (Å²) in [6.07, 6.45) is 16.4. The Hall–Kier alpha value is -1.56. The fourth-order valence-electron chi connectivity index (χ4n) is 5.55. The second kappa shape index (κ2) is 10.8. The van der Waals surface area contributed by atoms with Crippen LogP contribution in [0.2, 0.25) is 0 Å². The molecule has 0 amide bonds. The second-order valence-electron chi connectivity index (χ2n) is 9.10. The van der Waals surface area contributed by atoms with E-state index < -0.39 is 5.82 Å². The standard InChI is InChI=1S/C25H36FNO/c1-2-4-19-6-11-22(12-7-19)23-13-8-20(9-14-23)5-3-16-28-25-15-10-21(18-27)17-24(25)26/h10,15,17,19-20,22-23H,2-9,11-14,16H2,1H3/t19-,20?,22-,23?. The van der Waals surface area contributed by atoms with Gasteiger partial charge in [-0.1, -0.05) is 45.4 Å². The van der Waals surface area contributed by atoms with E-state index in [2.05, 4.69) is 6.92 Å². The molecule has 0 unspecified atom stereocenters. The maximum atomic E-state index is 13.8. The third kappa shape index (κ3) is 5.97. The summed E-state index contributed by atoms with van der Waals surface area (Å²) < 4.78 is 19.4. The van der Waals surface area contributed by atoms with Crippen LogP contribution in [-0.4, -0.2) is 6.61 Å². The van der Waals surface area contributed by atoms with E-state index in [0.29, 0.717) is 12.2 Å². The highest BCUT2D eigenvalue weighted by Gasteiger charge is 2.30. The van der Waals surface area contributed by atoms with Gasteiger partial charge in [-0.05, 0) is 80.4 Å². The summed E-state index contributed by atoms with van der Waals surface area (Å²) in [4.78, 5) is 0. The van der Waals surface area contributed by atoms with E-state index in [1.807, 2.05) is 6.07 Å². The Labute approximate surface area is 170 Å². The van der Waals surface area contributed by atoms with E-state index >= 15 is 0 Å². The number of nitriles is 1. The lowest BCUT2D eigenvalue weighted by molar-refractivity contribution is 0.138. The van der Waals surface area contributed by atoms with Crippen LogP contribution in [0.3, 0.4) is 0 Å². The van der Waals surface area contributed by atoms with Crippen LogP contribution in [0.4, 0.5) is 4.39 Å². The molecule has 2 aliphatic rings. The maximum absolute atomic E-state index is 13.8. The maximum Gasteiger partial charge on any atom is 0.166 e. The Morgan fingerprint density at radius 1 is 0.964 bits per heavy atom. The molecule has 0 saturated heterocycles. The molecule has 2 saturated carbocycles. The molecule has 0 bridgehead atoms. The smallest absolute Gasteiger partial charge is 0.166 e. The van der Waals surface area contributed by atoms with Gasteiger partial charge in [-0.2, -0.15) is 5.26 Å². The average molecular weight is 386 g/mol. The molecule has 0 heterocycles. The molecule has 0 atom stereocenters. The van der Waals surface area contributed by atoms with Crippen molar-refractivity contribution in [2.45, 2.75) is 84.0 Å². The molecule has 1 aromatic rings. The summed E-state index contributed by atoms with van der Waals surface area (Å²) >= 11 is 0. The Morgan fingerprint density at radius 2 is 1.57 bits per heavy atom. The summed E-state index contributed by atoms with van der Waals surface area (Å²) in [6.45, 7) is 2.88. The summed E-state index contributed by atoms with van der Waals surface area (Å²) in [6, 6.07) is 6.36. The normalized spacial score (nSPS) is 27.9. The van der Waals surface area contributed by atoms with E-state index in [4.69, 9.17) is 10.00 Å². The zero-order valence-electron chi connectivity index (χ0n) is 17.5. The Balaban J connectivity index is 1.30. The van der Waals surface area contributed by atoms with E-state index in [1.165, 1.54) is 76.7 Å². The highest BCUT2D eigenvalue weighted by molar-refractivity contribution is 5.35. The van der Waals surface area contributed by atoms with Gasteiger partial charge in [-0.3, -0.25) is 0 Å². The van der Waals surface area contributed by atoms with Crippen molar-refractivity contribution in [2.75, 3.05) is 6.61 Å². The quantitative estimate of drug-likeness (QED) is 0.441. The van der Waals surface area contributed by atoms with E-state index in [-0.39, 0.29) is 5.75 Å². The minimum Gasteiger partial charge on any atom is -0.491 e. The van der Waals surface area contributed by atoms with Gasteiger partial charge in [-0.15, -0.1) is 0 Å². The fraction of sp³-hybridized carbons (Fsp3) is 0.720. The first-order chi connectivity index (χ1) is 13.7. The predicted molar refractivity (Wildman–Crippen MR) is 112 cm³/mol. The summed E-state index contributed by atoms with van der Waals surface area (Å²) in [7, 11) is 0. The van der Waals surface area contributed by atoms with E-state index in [0.717, 1.165) is 30.1 Å². The Kier molecular flexibility index (Phi) is 8.19. The number of rotatable bonds is 8. The molecule has 0 radical (unpaired) electrons. The van der Waals surface area contributed by atoms with Crippen LogP contribution in [0.15, 0.2) is 18.2 Å². The Bertz CT molecular complexity index is 636. The lowest BCUT2D eigenvalue weighted by Gasteiger charge is -2.38. The van der Waals surface area contributed by atoms with Crippen molar-refractivity contribution >= 4 is 0 Å². The van der Waals surface area contributed by atoms with Gasteiger partial charge in [0.05, 0.1) is 18.2 Å².